The van der Waals surface area contributed by atoms with Gasteiger partial charge in [0.1, 0.15) is 23.8 Å². The van der Waals surface area contributed by atoms with Gasteiger partial charge in [0.05, 0.1) is 24.0 Å². The Morgan fingerprint density at radius 1 is 1.21 bits per heavy atom. The van der Waals surface area contributed by atoms with Crippen LogP contribution in [0.2, 0.25) is 0 Å². The molecule has 7 heteroatoms. The van der Waals surface area contributed by atoms with Crippen molar-refractivity contribution >= 4 is 17.8 Å². The van der Waals surface area contributed by atoms with E-state index in [-0.39, 0.29) is 18.1 Å². The van der Waals surface area contributed by atoms with Crippen LogP contribution in [-0.2, 0) is 14.3 Å². The van der Waals surface area contributed by atoms with E-state index in [0.717, 1.165) is 24.8 Å². The van der Waals surface area contributed by atoms with E-state index in [9.17, 15) is 19.8 Å². The number of hydrogen-bond acceptors (Lipinski definition) is 7. The van der Waals surface area contributed by atoms with Gasteiger partial charge in [-0.3, -0.25) is 9.59 Å². The van der Waals surface area contributed by atoms with Gasteiger partial charge in [-0.15, -0.1) is 0 Å². The quantitative estimate of drug-likeness (QED) is 0.496. The summed E-state index contributed by atoms with van der Waals surface area (Å²) in [6.45, 7) is 10.5. The zero-order valence-electron chi connectivity index (χ0n) is 20.7. The SMILES string of the molecule is C/C(=C\c1coc(C)n1)[C@@H]1C/C=C\CCC[C@H](C)C(O)[C@@H](C)C(=O)C(C)(C)[C@@H](O)CC(=O)O1. The lowest BCUT2D eigenvalue weighted by molar-refractivity contribution is -0.154. The number of aliphatic hydroxyl groups excluding tert-OH is 2. The summed E-state index contributed by atoms with van der Waals surface area (Å²) in [6, 6.07) is 0. The van der Waals surface area contributed by atoms with E-state index in [1.807, 2.05) is 32.1 Å². The van der Waals surface area contributed by atoms with Crippen molar-refractivity contribution in [1.29, 1.82) is 0 Å². The molecule has 2 N–H and O–H groups in total. The molecule has 0 radical (unpaired) electrons. The predicted octanol–water partition coefficient (Wildman–Crippen LogP) is 4.41. The topological polar surface area (TPSA) is 110 Å². The maximum absolute atomic E-state index is 13.1. The van der Waals surface area contributed by atoms with E-state index in [1.165, 1.54) is 0 Å². The van der Waals surface area contributed by atoms with Crippen LogP contribution in [0.5, 0.6) is 0 Å². The first-order valence-electron chi connectivity index (χ1n) is 11.8. The van der Waals surface area contributed by atoms with Gasteiger partial charge >= 0.3 is 5.97 Å². The van der Waals surface area contributed by atoms with Crippen molar-refractivity contribution in [1.82, 2.24) is 4.98 Å². The number of aromatic nitrogens is 1. The number of aliphatic hydroxyl groups is 2. The molecule has 2 rings (SSSR count). The van der Waals surface area contributed by atoms with Gasteiger partial charge in [0.15, 0.2) is 5.89 Å². The second kappa shape index (κ2) is 11.7. The molecule has 1 aromatic rings. The number of carbonyl (C=O) groups excluding carboxylic acids is 2. The molecule has 0 aromatic carbocycles. The maximum atomic E-state index is 13.1. The lowest BCUT2D eigenvalue weighted by Gasteiger charge is -2.34. The molecule has 2 heterocycles. The van der Waals surface area contributed by atoms with Crippen molar-refractivity contribution in [2.45, 2.75) is 92.0 Å². The number of oxazole rings is 1. The van der Waals surface area contributed by atoms with Crippen LogP contribution in [0.15, 0.2) is 28.4 Å². The standard InChI is InChI=1S/C26H39NO6/c1-16-11-9-7-8-10-12-21(17(2)13-20-15-32-19(4)27-20)33-23(29)14-22(28)26(5,6)25(31)18(3)24(16)30/h8,10,13,15-16,18,21-22,24,28,30H,7,9,11-12,14H2,1-6H3/b10-8-,17-13+/t16-,18+,21-,22-,24?/m0/s1. The highest BCUT2D eigenvalue weighted by Gasteiger charge is 2.42. The number of Topliss-reactive ketones (excluding diaryl/α,β-unsaturated/α-hetero) is 1. The molecule has 0 saturated heterocycles. The van der Waals surface area contributed by atoms with Gasteiger partial charge in [0.25, 0.3) is 0 Å². The van der Waals surface area contributed by atoms with Crippen LogP contribution >= 0.6 is 0 Å². The van der Waals surface area contributed by atoms with Gasteiger partial charge < -0.3 is 19.4 Å². The van der Waals surface area contributed by atoms with E-state index in [1.54, 1.807) is 34.0 Å². The molecule has 0 amide bonds. The third kappa shape index (κ3) is 7.37. The third-order valence-electron chi connectivity index (χ3n) is 6.68. The van der Waals surface area contributed by atoms with Crippen LogP contribution in [0.25, 0.3) is 6.08 Å². The van der Waals surface area contributed by atoms with Gasteiger partial charge in [0.2, 0.25) is 0 Å². The van der Waals surface area contributed by atoms with Crippen molar-refractivity contribution in [3.63, 3.8) is 0 Å². The molecule has 0 fully saturated rings. The van der Waals surface area contributed by atoms with Gasteiger partial charge in [-0.2, -0.15) is 0 Å². The molecule has 5 atom stereocenters. The zero-order chi connectivity index (χ0) is 24.8. The number of allylic oxidation sites excluding steroid dienone is 1. The van der Waals surface area contributed by atoms with E-state index >= 15 is 0 Å². The molecule has 0 aliphatic carbocycles. The zero-order valence-corrected chi connectivity index (χ0v) is 20.7. The van der Waals surface area contributed by atoms with E-state index in [0.29, 0.717) is 18.0 Å². The molecule has 1 aromatic heterocycles. The Morgan fingerprint density at radius 2 is 1.91 bits per heavy atom. The Morgan fingerprint density at radius 3 is 2.55 bits per heavy atom. The van der Waals surface area contributed by atoms with E-state index in [2.05, 4.69) is 4.98 Å². The number of esters is 1. The smallest absolute Gasteiger partial charge is 0.309 e. The van der Waals surface area contributed by atoms with Gasteiger partial charge in [-0.1, -0.05) is 39.8 Å². The Labute approximate surface area is 196 Å². The molecule has 0 bridgehead atoms. The minimum absolute atomic E-state index is 0.0491. The summed E-state index contributed by atoms with van der Waals surface area (Å²) in [5.74, 6) is -0.991. The molecule has 1 aliphatic rings. The Bertz CT molecular complexity index is 868. The number of aryl methyl sites for hydroxylation is 1. The number of ether oxygens (including phenoxy) is 1. The second-order valence-corrected chi connectivity index (χ2v) is 9.86. The first kappa shape index (κ1) is 27.0. The molecule has 0 saturated carbocycles. The summed E-state index contributed by atoms with van der Waals surface area (Å²) in [7, 11) is 0. The normalized spacial score (nSPS) is 31.8. The maximum Gasteiger partial charge on any atom is 0.309 e. The highest BCUT2D eigenvalue weighted by atomic mass is 16.5. The fourth-order valence-corrected chi connectivity index (χ4v) is 4.18. The predicted molar refractivity (Wildman–Crippen MR) is 126 cm³/mol. The number of ketones is 1. The second-order valence-electron chi connectivity index (χ2n) is 9.86. The summed E-state index contributed by atoms with van der Waals surface area (Å²) in [4.78, 5) is 30.1. The minimum atomic E-state index is -1.23. The van der Waals surface area contributed by atoms with Crippen LogP contribution in [0.1, 0.15) is 78.3 Å². The highest BCUT2D eigenvalue weighted by molar-refractivity contribution is 5.88. The van der Waals surface area contributed by atoms with E-state index < -0.39 is 35.6 Å². The van der Waals surface area contributed by atoms with E-state index in [4.69, 9.17) is 9.15 Å². The Kier molecular flexibility index (Phi) is 9.61. The Hall–Kier alpha value is -2.25. The third-order valence-corrected chi connectivity index (χ3v) is 6.68. The first-order chi connectivity index (χ1) is 15.4. The molecular formula is C26H39NO6. The van der Waals surface area contributed by atoms with Crippen LogP contribution in [0, 0.1) is 24.2 Å². The first-order valence-corrected chi connectivity index (χ1v) is 11.8. The number of cyclic esters (lactones) is 1. The molecule has 1 aliphatic heterocycles. The van der Waals surface area contributed by atoms with Crippen LogP contribution in [0.4, 0.5) is 0 Å². The summed E-state index contributed by atoms with van der Waals surface area (Å²) < 4.78 is 11.0. The van der Waals surface area contributed by atoms with Crippen LogP contribution in [-0.4, -0.2) is 45.3 Å². The summed E-state index contributed by atoms with van der Waals surface area (Å²) in [5, 5.41) is 21.5. The van der Waals surface area contributed by atoms with Crippen molar-refractivity contribution < 1.29 is 29.0 Å². The molecule has 1 unspecified atom stereocenters. The fraction of sp³-hybridized carbons (Fsp3) is 0.654. The summed E-state index contributed by atoms with van der Waals surface area (Å²) >= 11 is 0. The average Bonchev–Trinajstić information content (AvgIpc) is 3.16. The largest absolute Gasteiger partial charge is 0.457 e. The highest BCUT2D eigenvalue weighted by Crippen LogP contribution is 2.32. The molecule has 7 nitrogen and oxygen atoms in total. The molecule has 184 valence electrons. The number of nitrogens with zero attached hydrogens (tertiary/aromatic N) is 1. The minimum Gasteiger partial charge on any atom is -0.457 e. The van der Waals surface area contributed by atoms with Crippen LogP contribution in [0.3, 0.4) is 0 Å². The number of hydrogen-bond donors (Lipinski definition) is 2. The van der Waals surface area contributed by atoms with Gasteiger partial charge in [0, 0.05) is 19.3 Å². The fourth-order valence-electron chi connectivity index (χ4n) is 4.18. The average molecular weight is 462 g/mol. The summed E-state index contributed by atoms with van der Waals surface area (Å²) in [6.07, 6.45) is 7.50. The van der Waals surface area contributed by atoms with Crippen molar-refractivity contribution in [2.75, 3.05) is 0 Å². The van der Waals surface area contributed by atoms with Crippen molar-refractivity contribution in [3.8, 4) is 0 Å². The van der Waals surface area contributed by atoms with Gasteiger partial charge in [-0.05, 0) is 43.8 Å². The lowest BCUT2D eigenvalue weighted by atomic mass is 9.73. The Balaban J connectivity index is 2.27. The monoisotopic (exact) mass is 461 g/mol. The van der Waals surface area contributed by atoms with Gasteiger partial charge in [-0.25, -0.2) is 4.98 Å². The van der Waals surface area contributed by atoms with Crippen molar-refractivity contribution in [3.05, 3.63) is 35.6 Å². The molecular weight excluding hydrogens is 422 g/mol. The molecule has 33 heavy (non-hydrogen) atoms. The lowest BCUT2D eigenvalue weighted by Crippen LogP contribution is -2.45. The van der Waals surface area contributed by atoms with Crippen LogP contribution < -0.4 is 0 Å². The summed E-state index contributed by atoms with van der Waals surface area (Å²) in [5.41, 5.74) is 0.248. The number of carbonyl (C=O) groups is 2. The number of rotatable bonds is 2. The molecule has 0 spiro atoms. The van der Waals surface area contributed by atoms with Crippen molar-refractivity contribution in [2.24, 2.45) is 17.3 Å².